The van der Waals surface area contributed by atoms with Gasteiger partial charge in [0.1, 0.15) is 19.8 Å². The van der Waals surface area contributed by atoms with Crippen LogP contribution in [0.5, 0.6) is 0 Å². The molecule has 0 heterocycles. The highest BCUT2D eigenvalue weighted by Gasteiger charge is 2.26. The molecule has 0 rings (SSSR count). The largest absolute Gasteiger partial charge is 0.472 e. The molecule has 52 heavy (non-hydrogen) atoms. The number of nitrogens with zero attached hydrogens (tertiary/aromatic N) is 1. The van der Waals surface area contributed by atoms with Gasteiger partial charge in [0.2, 0.25) is 0 Å². The maximum absolute atomic E-state index is 12.6. The first-order valence-corrected chi connectivity index (χ1v) is 20.5. The Kier molecular flexibility index (Phi) is 31.8. The Labute approximate surface area is 315 Å². The van der Waals surface area contributed by atoms with Crippen molar-refractivity contribution in [1.82, 2.24) is 0 Å². The lowest BCUT2D eigenvalue weighted by Crippen LogP contribution is -2.37. The molecule has 0 aromatic carbocycles. The molecule has 0 aliphatic carbocycles. The van der Waals surface area contributed by atoms with Crippen molar-refractivity contribution in [3.63, 3.8) is 0 Å². The second-order valence-electron chi connectivity index (χ2n) is 13.2. The van der Waals surface area contributed by atoms with Gasteiger partial charge in [-0.05, 0) is 70.6 Å². The fraction of sp³-hybridized carbons (Fsp3) is 0.571. The zero-order valence-electron chi connectivity index (χ0n) is 32.7. The molecule has 9 nitrogen and oxygen atoms in total. The fourth-order valence-corrected chi connectivity index (χ4v) is 4.96. The summed E-state index contributed by atoms with van der Waals surface area (Å²) in [7, 11) is 1.38. The minimum atomic E-state index is -4.41. The summed E-state index contributed by atoms with van der Waals surface area (Å²) in [5.74, 6) is -0.996. The van der Waals surface area contributed by atoms with Crippen molar-refractivity contribution >= 4 is 19.8 Å². The second-order valence-corrected chi connectivity index (χ2v) is 14.7. The topological polar surface area (TPSA) is 108 Å². The zero-order valence-corrected chi connectivity index (χ0v) is 33.6. The average Bonchev–Trinajstić information content (AvgIpc) is 3.09. The summed E-state index contributed by atoms with van der Waals surface area (Å²) in [5, 5.41) is 0. The van der Waals surface area contributed by atoms with Crippen molar-refractivity contribution in [2.24, 2.45) is 0 Å². The lowest BCUT2D eigenvalue weighted by molar-refractivity contribution is -0.870. The zero-order chi connectivity index (χ0) is 38.6. The Morgan fingerprint density at radius 3 is 1.60 bits per heavy atom. The van der Waals surface area contributed by atoms with Crippen LogP contribution in [0.3, 0.4) is 0 Å². The Morgan fingerprint density at radius 1 is 0.615 bits per heavy atom. The van der Waals surface area contributed by atoms with Crippen LogP contribution in [0, 0.1) is 0 Å². The van der Waals surface area contributed by atoms with Crippen molar-refractivity contribution in [2.45, 2.75) is 110 Å². The summed E-state index contributed by atoms with van der Waals surface area (Å²) in [6, 6.07) is 0. The molecule has 0 saturated carbocycles. The second kappa shape index (κ2) is 33.7. The van der Waals surface area contributed by atoms with E-state index in [2.05, 4.69) is 92.8 Å². The number of ether oxygens (including phenoxy) is 2. The van der Waals surface area contributed by atoms with Crippen LogP contribution in [-0.4, -0.2) is 74.9 Å². The number of rotatable bonds is 32. The number of allylic oxidation sites excluding steroid dienone is 15. The van der Waals surface area contributed by atoms with Crippen LogP contribution in [0.4, 0.5) is 0 Å². The van der Waals surface area contributed by atoms with Crippen LogP contribution in [-0.2, 0) is 32.7 Å². The van der Waals surface area contributed by atoms with Gasteiger partial charge in [-0.1, -0.05) is 117 Å². The molecule has 0 bridgehead atoms. The standard InChI is InChI=1S/C42H68NO8P/c1-6-8-10-12-14-16-18-20-21-23-25-27-29-31-33-35-42(45)51-40(39-50-52(46,47)49-37-36-43(3,4)5)38-48-41(44)34-32-30-28-26-24-22-19-17-15-13-11-9-7-2/h8-11,14-17,20-22,24-25,27,31,33,40H,6-7,12-13,18-19,23,26,28-30,32,34-39H2,1-5H3/p+1/b10-8-,11-9-,16-14-,17-15-,21-20-,24-22-,27-25-,33-31-. The molecule has 0 aromatic heterocycles. The average molecular weight is 747 g/mol. The molecular weight excluding hydrogens is 677 g/mol. The third-order valence-electron chi connectivity index (χ3n) is 7.14. The van der Waals surface area contributed by atoms with E-state index in [0.717, 1.165) is 64.2 Å². The molecule has 2 unspecified atom stereocenters. The highest BCUT2D eigenvalue weighted by atomic mass is 31.2. The molecule has 0 radical (unpaired) electrons. The summed E-state index contributed by atoms with van der Waals surface area (Å²) in [4.78, 5) is 35.1. The molecule has 2 atom stereocenters. The number of phosphoric acid groups is 1. The predicted octanol–water partition coefficient (Wildman–Crippen LogP) is 10.2. The number of quaternary nitrogens is 1. The van der Waals surface area contributed by atoms with Crippen molar-refractivity contribution in [3.8, 4) is 0 Å². The van der Waals surface area contributed by atoms with Gasteiger partial charge >= 0.3 is 19.8 Å². The third-order valence-corrected chi connectivity index (χ3v) is 8.13. The van der Waals surface area contributed by atoms with Gasteiger partial charge in [-0.3, -0.25) is 18.6 Å². The van der Waals surface area contributed by atoms with Crippen LogP contribution in [0.1, 0.15) is 104 Å². The maximum Gasteiger partial charge on any atom is 0.472 e. The lowest BCUT2D eigenvalue weighted by Gasteiger charge is -2.24. The summed E-state index contributed by atoms with van der Waals surface area (Å²) in [6.45, 7) is 3.99. The van der Waals surface area contributed by atoms with Crippen LogP contribution in [0.25, 0.3) is 0 Å². The van der Waals surface area contributed by atoms with Gasteiger partial charge in [-0.25, -0.2) is 4.57 Å². The third kappa shape index (κ3) is 36.7. The normalized spacial score (nSPS) is 14.8. The quantitative estimate of drug-likeness (QED) is 0.0238. The molecule has 10 heteroatoms. The Hall–Kier alpha value is -3.07. The van der Waals surface area contributed by atoms with E-state index in [4.69, 9.17) is 18.5 Å². The summed E-state index contributed by atoms with van der Waals surface area (Å²) in [6.07, 6.45) is 43.5. The molecule has 294 valence electrons. The van der Waals surface area contributed by atoms with Crippen LogP contribution in [0.15, 0.2) is 97.2 Å². The van der Waals surface area contributed by atoms with E-state index < -0.39 is 32.5 Å². The number of likely N-dealkylation sites (N-methyl/N-ethyl adjacent to an activating group) is 1. The molecule has 0 spiro atoms. The van der Waals surface area contributed by atoms with Gasteiger partial charge in [0.25, 0.3) is 0 Å². The first kappa shape index (κ1) is 48.9. The number of carbonyl (C=O) groups is 2. The summed E-state index contributed by atoms with van der Waals surface area (Å²) in [5.41, 5.74) is 0. The first-order valence-electron chi connectivity index (χ1n) is 19.0. The number of hydrogen-bond acceptors (Lipinski definition) is 7. The number of esters is 2. The maximum atomic E-state index is 12.6. The number of phosphoric ester groups is 1. The summed E-state index contributed by atoms with van der Waals surface area (Å²) >= 11 is 0. The highest BCUT2D eigenvalue weighted by Crippen LogP contribution is 2.43. The highest BCUT2D eigenvalue weighted by molar-refractivity contribution is 7.47. The van der Waals surface area contributed by atoms with E-state index in [1.807, 2.05) is 33.3 Å². The van der Waals surface area contributed by atoms with Crippen LogP contribution in [0.2, 0.25) is 0 Å². The number of carbonyl (C=O) groups excluding carboxylic acids is 2. The van der Waals surface area contributed by atoms with E-state index in [0.29, 0.717) is 23.9 Å². The van der Waals surface area contributed by atoms with E-state index in [1.165, 1.54) is 0 Å². The SMILES string of the molecule is CC/C=C\C/C=C\C/C=C\C/C=C\C/C=C\CC(=O)OC(COC(=O)CCCCC/C=C\C/C=C\C/C=C\CC)COP(=O)(O)OCC[N+](C)(C)C. The van der Waals surface area contributed by atoms with Crippen molar-refractivity contribution in [2.75, 3.05) is 47.5 Å². The predicted molar refractivity (Wildman–Crippen MR) is 215 cm³/mol. The summed E-state index contributed by atoms with van der Waals surface area (Å²) < 4.78 is 34.0. The molecule has 0 aliphatic heterocycles. The van der Waals surface area contributed by atoms with E-state index in [1.54, 1.807) is 6.08 Å². The van der Waals surface area contributed by atoms with E-state index in [9.17, 15) is 19.0 Å². The molecular formula is C42H69NO8P+. The molecule has 0 aromatic rings. The van der Waals surface area contributed by atoms with Gasteiger partial charge in [0.05, 0.1) is 34.2 Å². The number of hydrogen-bond donors (Lipinski definition) is 1. The number of unbranched alkanes of at least 4 members (excludes halogenated alkanes) is 3. The Bertz CT molecular complexity index is 1210. The Balaban J connectivity index is 4.67. The van der Waals surface area contributed by atoms with Crippen molar-refractivity contribution in [3.05, 3.63) is 97.2 Å². The minimum absolute atomic E-state index is 0.00418. The van der Waals surface area contributed by atoms with Crippen molar-refractivity contribution < 1.29 is 42.1 Å². The molecule has 0 saturated heterocycles. The van der Waals surface area contributed by atoms with E-state index in [-0.39, 0.29) is 26.1 Å². The molecule has 0 aliphatic rings. The first-order chi connectivity index (χ1) is 25.0. The van der Waals surface area contributed by atoms with Crippen LogP contribution < -0.4 is 0 Å². The smallest absolute Gasteiger partial charge is 0.462 e. The van der Waals surface area contributed by atoms with Gasteiger partial charge in [0.15, 0.2) is 6.10 Å². The lowest BCUT2D eigenvalue weighted by atomic mass is 10.1. The van der Waals surface area contributed by atoms with Crippen molar-refractivity contribution in [1.29, 1.82) is 0 Å². The van der Waals surface area contributed by atoms with E-state index >= 15 is 0 Å². The Morgan fingerprint density at radius 2 is 1.10 bits per heavy atom. The van der Waals surface area contributed by atoms with Gasteiger partial charge in [0, 0.05) is 6.42 Å². The van der Waals surface area contributed by atoms with Crippen LogP contribution >= 0.6 is 7.82 Å². The molecule has 1 N–H and O–H groups in total. The molecule has 0 fully saturated rings. The molecule has 0 amide bonds. The fourth-order valence-electron chi connectivity index (χ4n) is 4.22. The van der Waals surface area contributed by atoms with Gasteiger partial charge in [-0.15, -0.1) is 0 Å². The minimum Gasteiger partial charge on any atom is -0.462 e. The van der Waals surface area contributed by atoms with Gasteiger partial charge < -0.3 is 18.9 Å². The monoisotopic (exact) mass is 746 g/mol. The van der Waals surface area contributed by atoms with Gasteiger partial charge in [-0.2, -0.15) is 0 Å².